The van der Waals surface area contributed by atoms with Crippen LogP contribution in [-0.2, 0) is 6.42 Å². The SMILES string of the molecule is O=C1NC2C=CCc3c([N+](=O)[O-])ccc1c32. The average Bonchev–Trinajstić information content (AvgIpc) is 2.58. The Hall–Kier alpha value is -2.17. The lowest BCUT2D eigenvalue weighted by molar-refractivity contribution is -0.385. The first-order valence-electron chi connectivity index (χ1n) is 4.96. The van der Waals surface area contributed by atoms with Gasteiger partial charge in [-0.05, 0) is 12.5 Å². The smallest absolute Gasteiger partial charge is 0.273 e. The highest BCUT2D eigenvalue weighted by atomic mass is 16.6. The third-order valence-corrected chi connectivity index (χ3v) is 3.02. The molecule has 5 nitrogen and oxygen atoms in total. The van der Waals surface area contributed by atoms with Gasteiger partial charge in [0.1, 0.15) is 0 Å². The van der Waals surface area contributed by atoms with Gasteiger partial charge in [0.05, 0.1) is 11.0 Å². The number of nitrogens with one attached hydrogen (secondary N) is 1. The lowest BCUT2D eigenvalue weighted by Crippen LogP contribution is -2.18. The summed E-state index contributed by atoms with van der Waals surface area (Å²) >= 11 is 0. The van der Waals surface area contributed by atoms with Crippen molar-refractivity contribution in [1.82, 2.24) is 5.32 Å². The Labute approximate surface area is 90.9 Å². The van der Waals surface area contributed by atoms with Crippen molar-refractivity contribution in [2.24, 2.45) is 0 Å². The summed E-state index contributed by atoms with van der Waals surface area (Å²) in [5.41, 5.74) is 2.11. The number of hydrogen-bond donors (Lipinski definition) is 1. The molecule has 0 fully saturated rings. The Bertz CT molecular complexity index is 548. The maximum atomic E-state index is 11.6. The van der Waals surface area contributed by atoms with E-state index >= 15 is 0 Å². The van der Waals surface area contributed by atoms with Crippen LogP contribution < -0.4 is 5.32 Å². The number of nitro benzene ring substituents is 1. The van der Waals surface area contributed by atoms with Gasteiger partial charge >= 0.3 is 0 Å². The van der Waals surface area contributed by atoms with Crippen LogP contribution in [0, 0.1) is 10.1 Å². The van der Waals surface area contributed by atoms with Crippen molar-refractivity contribution in [3.63, 3.8) is 0 Å². The van der Waals surface area contributed by atoms with E-state index in [2.05, 4.69) is 5.32 Å². The number of nitro groups is 1. The van der Waals surface area contributed by atoms with E-state index in [1.54, 1.807) is 0 Å². The van der Waals surface area contributed by atoms with Crippen LogP contribution in [0.25, 0.3) is 0 Å². The molecule has 3 rings (SSSR count). The van der Waals surface area contributed by atoms with Crippen molar-refractivity contribution in [1.29, 1.82) is 0 Å². The zero-order chi connectivity index (χ0) is 11.3. The molecule has 1 atom stereocenters. The van der Waals surface area contributed by atoms with E-state index in [1.165, 1.54) is 12.1 Å². The molecule has 80 valence electrons. The fraction of sp³-hybridized carbons (Fsp3) is 0.182. The quantitative estimate of drug-likeness (QED) is 0.439. The number of allylic oxidation sites excluding steroid dienone is 1. The fourth-order valence-corrected chi connectivity index (χ4v) is 2.35. The van der Waals surface area contributed by atoms with Gasteiger partial charge in [-0.2, -0.15) is 0 Å². The minimum atomic E-state index is -0.394. The molecule has 16 heavy (non-hydrogen) atoms. The summed E-state index contributed by atoms with van der Waals surface area (Å²) in [6, 6.07) is 2.76. The molecule has 1 aromatic rings. The summed E-state index contributed by atoms with van der Waals surface area (Å²) in [5.74, 6) is -0.150. The van der Waals surface area contributed by atoms with E-state index < -0.39 is 4.92 Å². The molecule has 1 aliphatic heterocycles. The van der Waals surface area contributed by atoms with Crippen LogP contribution in [-0.4, -0.2) is 10.8 Å². The number of nitrogens with zero attached hydrogens (tertiary/aromatic N) is 1. The Morgan fingerprint density at radius 3 is 3.00 bits per heavy atom. The molecule has 0 saturated carbocycles. The minimum absolute atomic E-state index is 0.101. The van der Waals surface area contributed by atoms with Gasteiger partial charge in [-0.3, -0.25) is 14.9 Å². The summed E-state index contributed by atoms with van der Waals surface area (Å²) < 4.78 is 0. The van der Waals surface area contributed by atoms with E-state index in [0.29, 0.717) is 17.5 Å². The maximum absolute atomic E-state index is 11.6. The van der Waals surface area contributed by atoms with Gasteiger partial charge < -0.3 is 5.32 Å². The summed E-state index contributed by atoms with van der Waals surface area (Å²) in [5, 5.41) is 13.6. The van der Waals surface area contributed by atoms with Crippen LogP contribution in [0.5, 0.6) is 0 Å². The molecule has 0 bridgehead atoms. The topological polar surface area (TPSA) is 72.2 Å². The predicted octanol–water partition coefficient (Wildman–Crippen LogP) is 1.49. The molecule has 2 aliphatic rings. The first-order chi connectivity index (χ1) is 7.68. The summed E-state index contributed by atoms with van der Waals surface area (Å²) in [4.78, 5) is 22.1. The molecular formula is C11H8N2O3. The summed E-state index contributed by atoms with van der Waals surface area (Å²) in [7, 11) is 0. The summed E-state index contributed by atoms with van der Waals surface area (Å²) in [6.45, 7) is 0. The molecule has 0 spiro atoms. The molecule has 0 radical (unpaired) electrons. The second-order valence-corrected chi connectivity index (χ2v) is 3.86. The standard InChI is InChI=1S/C11H8N2O3/c14-11-7-4-5-9(13(15)16)6-2-1-3-8(12-11)10(6)7/h1,3-5,8H,2H2,(H,12,14). The second-order valence-electron chi connectivity index (χ2n) is 3.86. The normalized spacial score (nSPS) is 20.5. The average molecular weight is 216 g/mol. The van der Waals surface area contributed by atoms with Crippen LogP contribution in [0.2, 0.25) is 0 Å². The lowest BCUT2D eigenvalue weighted by atomic mass is 9.90. The third-order valence-electron chi connectivity index (χ3n) is 3.02. The predicted molar refractivity (Wildman–Crippen MR) is 56.1 cm³/mol. The number of rotatable bonds is 1. The van der Waals surface area contributed by atoms with Gasteiger partial charge in [-0.25, -0.2) is 0 Å². The highest BCUT2D eigenvalue weighted by Crippen LogP contribution is 2.37. The largest absolute Gasteiger partial charge is 0.342 e. The van der Waals surface area contributed by atoms with Gasteiger partial charge in [-0.1, -0.05) is 12.2 Å². The third kappa shape index (κ3) is 1.02. The molecule has 1 aliphatic carbocycles. The van der Waals surface area contributed by atoms with Crippen LogP contribution in [0.15, 0.2) is 24.3 Å². The lowest BCUT2D eigenvalue weighted by Gasteiger charge is -2.15. The zero-order valence-corrected chi connectivity index (χ0v) is 8.27. The molecule has 5 heteroatoms. The first kappa shape index (κ1) is 9.08. The zero-order valence-electron chi connectivity index (χ0n) is 8.27. The minimum Gasteiger partial charge on any atom is -0.342 e. The molecule has 1 amide bonds. The van der Waals surface area contributed by atoms with Gasteiger partial charge in [0, 0.05) is 22.8 Å². The van der Waals surface area contributed by atoms with Gasteiger partial charge in [0.15, 0.2) is 0 Å². The van der Waals surface area contributed by atoms with Crippen LogP contribution >= 0.6 is 0 Å². The molecule has 1 heterocycles. The number of amides is 1. The Morgan fingerprint density at radius 2 is 2.25 bits per heavy atom. The van der Waals surface area contributed by atoms with E-state index in [9.17, 15) is 14.9 Å². The van der Waals surface area contributed by atoms with E-state index in [0.717, 1.165) is 5.56 Å². The molecular weight excluding hydrogens is 208 g/mol. The van der Waals surface area contributed by atoms with Crippen molar-refractivity contribution in [3.05, 3.63) is 51.1 Å². The number of hydrogen-bond acceptors (Lipinski definition) is 3. The molecule has 1 N–H and O–H groups in total. The monoisotopic (exact) mass is 216 g/mol. The van der Waals surface area contributed by atoms with Crippen molar-refractivity contribution in [2.75, 3.05) is 0 Å². The molecule has 1 aromatic carbocycles. The fourth-order valence-electron chi connectivity index (χ4n) is 2.35. The number of benzene rings is 1. The van der Waals surface area contributed by atoms with E-state index in [4.69, 9.17) is 0 Å². The van der Waals surface area contributed by atoms with Crippen molar-refractivity contribution in [3.8, 4) is 0 Å². The van der Waals surface area contributed by atoms with Crippen LogP contribution in [0.3, 0.4) is 0 Å². The molecule has 0 saturated heterocycles. The van der Waals surface area contributed by atoms with Crippen molar-refractivity contribution < 1.29 is 9.72 Å². The Balaban J connectivity index is 2.31. The van der Waals surface area contributed by atoms with E-state index in [-0.39, 0.29) is 17.6 Å². The number of carbonyl (C=O) groups is 1. The maximum Gasteiger partial charge on any atom is 0.273 e. The van der Waals surface area contributed by atoms with Crippen molar-refractivity contribution in [2.45, 2.75) is 12.5 Å². The molecule has 1 unspecified atom stereocenters. The Kier molecular flexibility index (Phi) is 1.65. The number of carbonyl (C=O) groups excluding carboxylic acids is 1. The van der Waals surface area contributed by atoms with Crippen LogP contribution in [0.1, 0.15) is 27.5 Å². The van der Waals surface area contributed by atoms with Gasteiger partial charge in [-0.15, -0.1) is 0 Å². The highest BCUT2D eigenvalue weighted by molar-refractivity contribution is 6.00. The Morgan fingerprint density at radius 1 is 1.44 bits per heavy atom. The highest BCUT2D eigenvalue weighted by Gasteiger charge is 2.34. The van der Waals surface area contributed by atoms with Gasteiger partial charge in [0.25, 0.3) is 11.6 Å². The van der Waals surface area contributed by atoms with Gasteiger partial charge in [0.2, 0.25) is 0 Å². The first-order valence-corrected chi connectivity index (χ1v) is 4.96. The van der Waals surface area contributed by atoms with Crippen molar-refractivity contribution >= 4 is 11.6 Å². The van der Waals surface area contributed by atoms with Crippen LogP contribution in [0.4, 0.5) is 5.69 Å². The summed E-state index contributed by atoms with van der Waals surface area (Å²) in [6.07, 6.45) is 4.25. The second kappa shape index (κ2) is 2.91. The molecule has 0 aromatic heterocycles. The van der Waals surface area contributed by atoms with E-state index in [1.807, 2.05) is 12.2 Å².